The van der Waals surface area contributed by atoms with Crippen LogP contribution in [-0.4, -0.2) is 22.2 Å². The summed E-state index contributed by atoms with van der Waals surface area (Å²) in [6.07, 6.45) is 2.31. The molecule has 0 radical (unpaired) electrons. The highest BCUT2D eigenvalue weighted by Crippen LogP contribution is 2.02. The lowest BCUT2D eigenvalue weighted by molar-refractivity contribution is -0.137. The fraction of sp³-hybridized carbons (Fsp3) is 0.455. The number of nitrogens with zero attached hydrogens (tertiary/aromatic N) is 1. The monoisotopic (exact) mass is 225 g/mol. The first-order valence-corrected chi connectivity index (χ1v) is 5.19. The van der Waals surface area contributed by atoms with Gasteiger partial charge in [0.1, 0.15) is 0 Å². The maximum absolute atomic E-state index is 11.7. The first-order valence-electron chi connectivity index (χ1n) is 5.19. The lowest BCUT2D eigenvalue weighted by Gasteiger charge is -2.07. The van der Waals surface area contributed by atoms with Crippen LogP contribution in [0.1, 0.15) is 19.8 Å². The van der Waals surface area contributed by atoms with E-state index in [1.165, 1.54) is 4.57 Å². The number of carbonyl (C=O) groups is 1. The van der Waals surface area contributed by atoms with Crippen LogP contribution in [0.5, 0.6) is 5.75 Å². The third kappa shape index (κ3) is 3.42. The van der Waals surface area contributed by atoms with Crippen molar-refractivity contribution >= 4 is 5.97 Å². The van der Waals surface area contributed by atoms with Gasteiger partial charge in [0, 0.05) is 12.7 Å². The number of aliphatic carboxylic acids is 1. The van der Waals surface area contributed by atoms with E-state index in [0.29, 0.717) is 6.61 Å². The van der Waals surface area contributed by atoms with E-state index in [2.05, 4.69) is 0 Å². The third-order valence-electron chi connectivity index (χ3n) is 2.01. The smallest absolute Gasteiger partial charge is 0.305 e. The zero-order valence-corrected chi connectivity index (χ0v) is 9.18. The molecule has 0 aliphatic rings. The van der Waals surface area contributed by atoms with Crippen LogP contribution in [0, 0.1) is 0 Å². The minimum atomic E-state index is -0.924. The summed E-state index contributed by atoms with van der Waals surface area (Å²) in [5.74, 6) is -0.651. The highest BCUT2D eigenvalue weighted by atomic mass is 16.5. The number of pyridine rings is 1. The Morgan fingerprint density at radius 1 is 1.56 bits per heavy atom. The average molecular weight is 225 g/mol. The standard InChI is InChI=1S/C11H15NO4/c1-2-8-16-9-4-3-6-12(11(9)15)7-5-10(13)14/h3-4,6H,2,5,7-8H2,1H3,(H,13,14). The molecule has 1 aromatic heterocycles. The van der Waals surface area contributed by atoms with Gasteiger partial charge in [0.05, 0.1) is 13.0 Å². The number of rotatable bonds is 6. The number of carboxylic acid groups (broad SMARTS) is 1. The Morgan fingerprint density at radius 3 is 2.94 bits per heavy atom. The minimum absolute atomic E-state index is 0.0723. The summed E-state index contributed by atoms with van der Waals surface area (Å²) < 4.78 is 6.60. The van der Waals surface area contributed by atoms with Crippen LogP contribution in [0.3, 0.4) is 0 Å². The SMILES string of the molecule is CCCOc1cccn(CCC(=O)O)c1=O. The van der Waals surface area contributed by atoms with Gasteiger partial charge in [0.15, 0.2) is 5.75 Å². The fourth-order valence-electron chi connectivity index (χ4n) is 1.23. The summed E-state index contributed by atoms with van der Waals surface area (Å²) in [7, 11) is 0. The highest BCUT2D eigenvalue weighted by Gasteiger charge is 2.05. The van der Waals surface area contributed by atoms with E-state index in [1.807, 2.05) is 6.92 Å². The molecule has 0 aromatic carbocycles. The zero-order chi connectivity index (χ0) is 12.0. The molecule has 1 aromatic rings. The first-order chi connectivity index (χ1) is 7.65. The van der Waals surface area contributed by atoms with Crippen LogP contribution < -0.4 is 10.3 Å². The summed E-state index contributed by atoms with van der Waals surface area (Å²) in [6.45, 7) is 2.60. The molecule has 0 bridgehead atoms. The normalized spacial score (nSPS) is 10.1. The predicted octanol–water partition coefficient (Wildman–Crippen LogP) is 1.11. The lowest BCUT2D eigenvalue weighted by atomic mass is 10.4. The highest BCUT2D eigenvalue weighted by molar-refractivity contribution is 5.66. The van der Waals surface area contributed by atoms with Crippen LogP contribution in [-0.2, 0) is 11.3 Å². The van der Waals surface area contributed by atoms with E-state index in [4.69, 9.17) is 9.84 Å². The van der Waals surface area contributed by atoms with Crippen molar-refractivity contribution < 1.29 is 14.6 Å². The Morgan fingerprint density at radius 2 is 2.31 bits per heavy atom. The van der Waals surface area contributed by atoms with E-state index in [0.717, 1.165) is 6.42 Å². The largest absolute Gasteiger partial charge is 0.488 e. The number of ether oxygens (including phenoxy) is 1. The summed E-state index contributed by atoms with van der Waals surface area (Å²) >= 11 is 0. The van der Waals surface area contributed by atoms with Crippen molar-refractivity contribution in [1.29, 1.82) is 0 Å². The quantitative estimate of drug-likeness (QED) is 0.787. The van der Waals surface area contributed by atoms with Gasteiger partial charge in [0.2, 0.25) is 0 Å². The van der Waals surface area contributed by atoms with Gasteiger partial charge in [-0.15, -0.1) is 0 Å². The molecule has 16 heavy (non-hydrogen) atoms. The molecule has 88 valence electrons. The Bertz CT molecular complexity index is 411. The second-order valence-electron chi connectivity index (χ2n) is 3.36. The van der Waals surface area contributed by atoms with Gasteiger partial charge in [-0.05, 0) is 18.6 Å². The summed E-state index contributed by atoms with van der Waals surface area (Å²) in [5.41, 5.74) is -0.280. The Kier molecular flexibility index (Phi) is 4.57. The molecule has 0 aliphatic heterocycles. The van der Waals surface area contributed by atoms with Crippen molar-refractivity contribution in [2.45, 2.75) is 26.3 Å². The Balaban J connectivity index is 2.78. The van der Waals surface area contributed by atoms with Crippen LogP contribution >= 0.6 is 0 Å². The molecule has 0 aliphatic carbocycles. The van der Waals surface area contributed by atoms with Crippen LogP contribution in [0.15, 0.2) is 23.1 Å². The van der Waals surface area contributed by atoms with Gasteiger partial charge in [-0.25, -0.2) is 0 Å². The van der Waals surface area contributed by atoms with Gasteiger partial charge < -0.3 is 14.4 Å². The van der Waals surface area contributed by atoms with Gasteiger partial charge in [-0.1, -0.05) is 6.92 Å². The molecular weight excluding hydrogens is 210 g/mol. The molecule has 0 amide bonds. The van der Waals surface area contributed by atoms with Crippen LogP contribution in [0.2, 0.25) is 0 Å². The molecule has 1 rings (SSSR count). The maximum Gasteiger partial charge on any atom is 0.305 e. The van der Waals surface area contributed by atoms with E-state index in [9.17, 15) is 9.59 Å². The number of hydrogen-bond donors (Lipinski definition) is 1. The van der Waals surface area contributed by atoms with Crippen molar-refractivity contribution in [3.8, 4) is 5.75 Å². The summed E-state index contributed by atoms with van der Waals surface area (Å²) in [5, 5.41) is 8.53. The Labute approximate surface area is 93.3 Å². The maximum atomic E-state index is 11.7. The van der Waals surface area contributed by atoms with Gasteiger partial charge in [-0.2, -0.15) is 0 Å². The van der Waals surface area contributed by atoms with Crippen molar-refractivity contribution in [1.82, 2.24) is 4.57 Å². The second-order valence-corrected chi connectivity index (χ2v) is 3.36. The molecular formula is C11H15NO4. The molecule has 0 fully saturated rings. The molecule has 0 unspecified atom stereocenters. The van der Waals surface area contributed by atoms with E-state index < -0.39 is 5.97 Å². The van der Waals surface area contributed by atoms with Crippen molar-refractivity contribution in [3.63, 3.8) is 0 Å². The first kappa shape index (κ1) is 12.3. The summed E-state index contributed by atoms with van der Waals surface area (Å²) in [4.78, 5) is 22.1. The van der Waals surface area contributed by atoms with E-state index in [1.54, 1.807) is 18.3 Å². The number of aryl methyl sites for hydroxylation is 1. The fourth-order valence-corrected chi connectivity index (χ4v) is 1.23. The number of aromatic nitrogens is 1. The second kappa shape index (κ2) is 5.95. The topological polar surface area (TPSA) is 68.5 Å². The number of carboxylic acids is 1. The van der Waals surface area contributed by atoms with E-state index in [-0.39, 0.29) is 24.3 Å². The molecule has 0 saturated carbocycles. The molecule has 5 nitrogen and oxygen atoms in total. The van der Waals surface area contributed by atoms with E-state index >= 15 is 0 Å². The molecule has 1 N–H and O–H groups in total. The van der Waals surface area contributed by atoms with Crippen molar-refractivity contribution in [2.75, 3.05) is 6.61 Å². The zero-order valence-electron chi connectivity index (χ0n) is 9.18. The van der Waals surface area contributed by atoms with Gasteiger partial charge in [0.25, 0.3) is 5.56 Å². The molecule has 0 spiro atoms. The molecule has 0 atom stereocenters. The average Bonchev–Trinajstić information content (AvgIpc) is 2.26. The van der Waals surface area contributed by atoms with Gasteiger partial charge in [-0.3, -0.25) is 9.59 Å². The van der Waals surface area contributed by atoms with Crippen molar-refractivity contribution in [2.24, 2.45) is 0 Å². The minimum Gasteiger partial charge on any atom is -0.488 e. The molecule has 5 heteroatoms. The van der Waals surface area contributed by atoms with Crippen LogP contribution in [0.4, 0.5) is 0 Å². The van der Waals surface area contributed by atoms with Gasteiger partial charge >= 0.3 is 5.97 Å². The van der Waals surface area contributed by atoms with Crippen LogP contribution in [0.25, 0.3) is 0 Å². The molecule has 0 saturated heterocycles. The number of hydrogen-bond acceptors (Lipinski definition) is 3. The Hall–Kier alpha value is -1.78. The van der Waals surface area contributed by atoms with Crippen molar-refractivity contribution in [3.05, 3.63) is 28.7 Å². The molecule has 1 heterocycles. The summed E-state index contributed by atoms with van der Waals surface area (Å²) in [6, 6.07) is 3.27. The lowest BCUT2D eigenvalue weighted by Crippen LogP contribution is -2.22. The third-order valence-corrected chi connectivity index (χ3v) is 2.01. The predicted molar refractivity (Wildman–Crippen MR) is 58.7 cm³/mol.